The Morgan fingerprint density at radius 3 is 2.68 bits per heavy atom. The van der Waals surface area contributed by atoms with Gasteiger partial charge in [-0.1, -0.05) is 30.4 Å². The summed E-state index contributed by atoms with van der Waals surface area (Å²) in [6.45, 7) is 2.35. The van der Waals surface area contributed by atoms with Gasteiger partial charge in [0.25, 0.3) is 0 Å². The van der Waals surface area contributed by atoms with Crippen molar-refractivity contribution in [1.82, 2.24) is 0 Å². The van der Waals surface area contributed by atoms with Gasteiger partial charge in [-0.15, -0.1) is 0 Å². The lowest BCUT2D eigenvalue weighted by Gasteiger charge is -2.10. The summed E-state index contributed by atoms with van der Waals surface area (Å²) in [6, 6.07) is 11.8. The van der Waals surface area contributed by atoms with Crippen LogP contribution in [-0.4, -0.2) is 4.99 Å². The topological polar surface area (TPSA) is 35.2 Å². The molecule has 0 heterocycles. The lowest BCUT2D eigenvalue weighted by atomic mass is 10.1. The van der Waals surface area contributed by atoms with Crippen LogP contribution in [0.4, 0.5) is 4.39 Å². The number of hydrogen-bond donors (Lipinski definition) is 1. The van der Waals surface area contributed by atoms with Gasteiger partial charge in [0.1, 0.15) is 23.2 Å². The molecule has 2 N–H and O–H groups in total. The standard InChI is InChI=1S/C15H14FNOS/c1-10-7-11(15(17)19)5-6-12(10)9-18-14-4-2-3-13(16)8-14/h2-8H,9H2,1H3,(H2,17,19). The molecule has 2 nitrogen and oxygen atoms in total. The second-order valence-electron chi connectivity index (χ2n) is 4.25. The third-order valence-electron chi connectivity index (χ3n) is 2.82. The summed E-state index contributed by atoms with van der Waals surface area (Å²) < 4.78 is 18.6. The van der Waals surface area contributed by atoms with E-state index < -0.39 is 0 Å². The minimum absolute atomic E-state index is 0.307. The molecule has 0 spiro atoms. The Hall–Kier alpha value is -1.94. The minimum atomic E-state index is -0.307. The van der Waals surface area contributed by atoms with Crippen LogP contribution in [0.5, 0.6) is 5.75 Å². The Bertz CT molecular complexity index is 613. The zero-order valence-electron chi connectivity index (χ0n) is 10.5. The highest BCUT2D eigenvalue weighted by atomic mass is 32.1. The van der Waals surface area contributed by atoms with Crippen LogP contribution in [0.15, 0.2) is 42.5 Å². The van der Waals surface area contributed by atoms with Crippen LogP contribution >= 0.6 is 12.2 Å². The number of halogens is 1. The molecule has 0 aliphatic rings. The molecule has 2 rings (SSSR count). The minimum Gasteiger partial charge on any atom is -0.489 e. The maximum Gasteiger partial charge on any atom is 0.126 e. The van der Waals surface area contributed by atoms with E-state index in [9.17, 15) is 4.39 Å². The smallest absolute Gasteiger partial charge is 0.126 e. The molecular weight excluding hydrogens is 261 g/mol. The average Bonchev–Trinajstić information content (AvgIpc) is 2.37. The summed E-state index contributed by atoms with van der Waals surface area (Å²) in [6.07, 6.45) is 0. The van der Waals surface area contributed by atoms with Crippen molar-refractivity contribution in [3.8, 4) is 5.75 Å². The molecule has 0 fully saturated rings. The molecule has 0 atom stereocenters. The summed E-state index contributed by atoms with van der Waals surface area (Å²) in [5.74, 6) is 0.205. The summed E-state index contributed by atoms with van der Waals surface area (Å²) in [4.78, 5) is 0.376. The fourth-order valence-corrected chi connectivity index (χ4v) is 1.86. The van der Waals surface area contributed by atoms with Gasteiger partial charge in [-0.25, -0.2) is 4.39 Å². The van der Waals surface area contributed by atoms with Crippen molar-refractivity contribution >= 4 is 17.2 Å². The molecule has 0 saturated carbocycles. The zero-order chi connectivity index (χ0) is 13.8. The van der Waals surface area contributed by atoms with Crippen molar-refractivity contribution in [2.24, 2.45) is 5.73 Å². The normalized spacial score (nSPS) is 10.2. The quantitative estimate of drug-likeness (QED) is 0.869. The predicted octanol–water partition coefficient (Wildman–Crippen LogP) is 3.35. The van der Waals surface area contributed by atoms with Crippen LogP contribution in [0.3, 0.4) is 0 Å². The predicted molar refractivity (Wildman–Crippen MR) is 77.8 cm³/mol. The Labute approximate surface area is 117 Å². The van der Waals surface area contributed by atoms with Gasteiger partial charge in [-0.05, 0) is 36.2 Å². The number of nitrogens with two attached hydrogens (primary N) is 1. The average molecular weight is 275 g/mol. The van der Waals surface area contributed by atoms with Crippen molar-refractivity contribution < 1.29 is 9.13 Å². The second kappa shape index (κ2) is 5.80. The summed E-state index contributed by atoms with van der Waals surface area (Å²) in [7, 11) is 0. The molecule has 0 saturated heterocycles. The van der Waals surface area contributed by atoms with Crippen LogP contribution < -0.4 is 10.5 Å². The maximum atomic E-state index is 13.0. The number of aryl methyl sites for hydroxylation is 1. The first-order valence-corrected chi connectivity index (χ1v) is 6.25. The van der Waals surface area contributed by atoms with Crippen molar-refractivity contribution in [2.45, 2.75) is 13.5 Å². The zero-order valence-corrected chi connectivity index (χ0v) is 11.3. The van der Waals surface area contributed by atoms with Gasteiger partial charge < -0.3 is 10.5 Å². The van der Waals surface area contributed by atoms with Crippen LogP contribution in [0.2, 0.25) is 0 Å². The molecule has 0 aliphatic heterocycles. The van der Waals surface area contributed by atoms with E-state index >= 15 is 0 Å². The largest absolute Gasteiger partial charge is 0.489 e. The summed E-state index contributed by atoms with van der Waals surface area (Å²) in [5, 5.41) is 0. The highest BCUT2D eigenvalue weighted by molar-refractivity contribution is 7.80. The number of hydrogen-bond acceptors (Lipinski definition) is 2. The molecule has 0 amide bonds. The van der Waals surface area contributed by atoms with Crippen LogP contribution in [0, 0.1) is 12.7 Å². The molecule has 2 aromatic carbocycles. The molecular formula is C15H14FNOS. The first kappa shape index (κ1) is 13.5. The summed E-state index contributed by atoms with van der Waals surface area (Å²) in [5.41, 5.74) is 8.47. The first-order valence-electron chi connectivity index (χ1n) is 5.84. The number of thiocarbonyl (C=S) groups is 1. The van der Waals surface area contributed by atoms with Crippen molar-refractivity contribution in [1.29, 1.82) is 0 Å². The molecule has 0 radical (unpaired) electrons. The van der Waals surface area contributed by atoms with Gasteiger partial charge in [-0.2, -0.15) is 0 Å². The van der Waals surface area contributed by atoms with Crippen molar-refractivity contribution in [2.75, 3.05) is 0 Å². The highest BCUT2D eigenvalue weighted by Crippen LogP contribution is 2.17. The molecule has 0 bridgehead atoms. The van der Waals surface area contributed by atoms with E-state index in [1.807, 2.05) is 25.1 Å². The Morgan fingerprint density at radius 1 is 1.26 bits per heavy atom. The van der Waals surface area contributed by atoms with Crippen molar-refractivity contribution in [3.63, 3.8) is 0 Å². The van der Waals surface area contributed by atoms with Crippen LogP contribution in [0.25, 0.3) is 0 Å². The van der Waals surface area contributed by atoms with Gasteiger partial charge in [-0.3, -0.25) is 0 Å². The molecule has 19 heavy (non-hydrogen) atoms. The number of benzene rings is 2. The molecule has 0 unspecified atom stereocenters. The van der Waals surface area contributed by atoms with Crippen LogP contribution in [0.1, 0.15) is 16.7 Å². The van der Waals surface area contributed by atoms with Gasteiger partial charge in [0, 0.05) is 11.6 Å². The second-order valence-corrected chi connectivity index (χ2v) is 4.69. The molecule has 0 aliphatic carbocycles. The molecule has 4 heteroatoms. The fourth-order valence-electron chi connectivity index (χ4n) is 1.73. The van der Waals surface area contributed by atoms with E-state index in [1.165, 1.54) is 12.1 Å². The Kier molecular flexibility index (Phi) is 4.12. The fraction of sp³-hybridized carbons (Fsp3) is 0.133. The van der Waals surface area contributed by atoms with E-state index in [2.05, 4.69) is 0 Å². The maximum absolute atomic E-state index is 13.0. The van der Waals surface area contributed by atoms with Gasteiger partial charge >= 0.3 is 0 Å². The lowest BCUT2D eigenvalue weighted by molar-refractivity contribution is 0.304. The van der Waals surface area contributed by atoms with Gasteiger partial charge in [0.2, 0.25) is 0 Å². The van der Waals surface area contributed by atoms with Crippen molar-refractivity contribution in [3.05, 3.63) is 65.0 Å². The van der Waals surface area contributed by atoms with E-state index in [4.69, 9.17) is 22.7 Å². The lowest BCUT2D eigenvalue weighted by Crippen LogP contribution is -2.10. The third kappa shape index (κ3) is 3.51. The van der Waals surface area contributed by atoms with Gasteiger partial charge in [0.05, 0.1) is 0 Å². The molecule has 0 aromatic heterocycles. The highest BCUT2D eigenvalue weighted by Gasteiger charge is 2.03. The number of ether oxygens (including phenoxy) is 1. The third-order valence-corrected chi connectivity index (χ3v) is 3.05. The first-order chi connectivity index (χ1) is 9.06. The number of rotatable bonds is 4. The van der Waals surface area contributed by atoms with E-state index in [-0.39, 0.29) is 5.82 Å². The monoisotopic (exact) mass is 275 g/mol. The van der Waals surface area contributed by atoms with E-state index in [0.717, 1.165) is 16.7 Å². The molecule has 2 aromatic rings. The van der Waals surface area contributed by atoms with Crippen LogP contribution in [-0.2, 0) is 6.61 Å². The summed E-state index contributed by atoms with van der Waals surface area (Å²) >= 11 is 4.93. The van der Waals surface area contributed by atoms with Gasteiger partial charge in [0.15, 0.2) is 0 Å². The molecule has 98 valence electrons. The SMILES string of the molecule is Cc1cc(C(N)=S)ccc1COc1cccc(F)c1. The Balaban J connectivity index is 2.10. The Morgan fingerprint density at radius 2 is 2.05 bits per heavy atom. The van der Waals surface area contributed by atoms with E-state index in [0.29, 0.717) is 17.3 Å². The van der Waals surface area contributed by atoms with E-state index in [1.54, 1.807) is 12.1 Å².